The highest BCUT2D eigenvalue weighted by Crippen LogP contribution is 2.28. The van der Waals surface area contributed by atoms with Crippen molar-refractivity contribution in [3.63, 3.8) is 0 Å². The van der Waals surface area contributed by atoms with Gasteiger partial charge in [-0.2, -0.15) is 0 Å². The van der Waals surface area contributed by atoms with E-state index in [1.54, 1.807) is 6.92 Å². The number of benzene rings is 1. The van der Waals surface area contributed by atoms with Gasteiger partial charge in [0.05, 0.1) is 16.6 Å². The maximum Gasteiger partial charge on any atom is 0.409 e. The minimum atomic E-state index is -1.02. The highest BCUT2D eigenvalue weighted by atomic mass is 16.6. The van der Waals surface area contributed by atoms with Gasteiger partial charge in [-0.25, -0.2) is 4.79 Å². The minimum absolute atomic E-state index is 0.0317. The van der Waals surface area contributed by atoms with Crippen LogP contribution in [0.2, 0.25) is 0 Å². The van der Waals surface area contributed by atoms with Gasteiger partial charge in [0.2, 0.25) is 0 Å². The lowest BCUT2D eigenvalue weighted by molar-refractivity contribution is -0.385. The Kier molecular flexibility index (Phi) is 3.24. The molecule has 0 unspecified atom stereocenters. The van der Waals surface area contributed by atoms with Crippen molar-refractivity contribution in [3.8, 4) is 5.75 Å². The molecule has 0 aliphatic heterocycles. The van der Waals surface area contributed by atoms with Gasteiger partial charge in [-0.3, -0.25) is 10.1 Å². The van der Waals surface area contributed by atoms with Gasteiger partial charge in [-0.1, -0.05) is 6.58 Å². The van der Waals surface area contributed by atoms with Crippen LogP contribution in [-0.4, -0.2) is 11.0 Å². The maximum absolute atomic E-state index is 10.8. The number of allylic oxidation sites excluding steroid dienone is 1. The van der Waals surface area contributed by atoms with E-state index in [2.05, 4.69) is 11.3 Å². The van der Waals surface area contributed by atoms with E-state index in [1.165, 1.54) is 12.1 Å². The summed E-state index contributed by atoms with van der Waals surface area (Å²) in [6.07, 6.45) is -1.02. The molecule has 0 saturated carbocycles. The van der Waals surface area contributed by atoms with E-state index in [0.717, 1.165) is 6.07 Å². The number of ether oxygens (including phenoxy) is 1. The molecule has 1 rings (SSSR count). The van der Waals surface area contributed by atoms with E-state index in [4.69, 9.17) is 5.73 Å². The molecule has 0 spiro atoms. The van der Waals surface area contributed by atoms with Crippen molar-refractivity contribution in [2.45, 2.75) is 6.92 Å². The van der Waals surface area contributed by atoms with E-state index in [0.29, 0.717) is 11.1 Å². The van der Waals surface area contributed by atoms with Gasteiger partial charge in [0.1, 0.15) is 5.75 Å². The van der Waals surface area contributed by atoms with E-state index < -0.39 is 11.0 Å². The van der Waals surface area contributed by atoms with Crippen LogP contribution in [0.4, 0.5) is 10.5 Å². The van der Waals surface area contributed by atoms with Crippen LogP contribution in [0.15, 0.2) is 24.8 Å². The standard InChI is InChI=1S/C10H10N2O4/c1-6(2)8-4-3-7(16-10(11)13)5-9(8)12(14)15/h3-5H,1H2,2H3,(H2,11,13). The lowest BCUT2D eigenvalue weighted by atomic mass is 10.1. The number of rotatable bonds is 3. The Morgan fingerprint density at radius 3 is 2.62 bits per heavy atom. The summed E-state index contributed by atoms with van der Waals surface area (Å²) in [5, 5.41) is 10.8. The summed E-state index contributed by atoms with van der Waals surface area (Å²) in [6.45, 7) is 5.27. The lowest BCUT2D eigenvalue weighted by Crippen LogP contribution is -2.16. The molecule has 2 N–H and O–H groups in total. The third-order valence-corrected chi connectivity index (χ3v) is 1.84. The highest BCUT2D eigenvalue weighted by molar-refractivity contribution is 5.73. The van der Waals surface area contributed by atoms with Crippen molar-refractivity contribution in [1.82, 2.24) is 0 Å². The molecule has 6 nitrogen and oxygen atoms in total. The van der Waals surface area contributed by atoms with Crippen LogP contribution in [0.1, 0.15) is 12.5 Å². The molecule has 1 aromatic carbocycles. The number of hydrogen-bond donors (Lipinski definition) is 1. The Hall–Kier alpha value is -2.37. The molecule has 0 aromatic heterocycles. The Morgan fingerprint density at radius 1 is 1.56 bits per heavy atom. The second-order valence-electron chi connectivity index (χ2n) is 3.14. The summed E-state index contributed by atoms with van der Waals surface area (Å²) in [7, 11) is 0. The quantitative estimate of drug-likeness (QED) is 0.625. The molecule has 1 aromatic rings. The van der Waals surface area contributed by atoms with E-state index >= 15 is 0 Å². The Bertz CT molecular complexity index is 468. The first-order valence-electron chi connectivity index (χ1n) is 4.33. The van der Waals surface area contributed by atoms with E-state index in [1.807, 2.05) is 0 Å². The minimum Gasteiger partial charge on any atom is -0.410 e. The summed E-state index contributed by atoms with van der Waals surface area (Å²) in [6, 6.07) is 4.01. The van der Waals surface area contributed by atoms with Gasteiger partial charge >= 0.3 is 6.09 Å². The lowest BCUT2D eigenvalue weighted by Gasteiger charge is -2.04. The van der Waals surface area contributed by atoms with Gasteiger partial charge < -0.3 is 10.5 Å². The number of hydrogen-bond acceptors (Lipinski definition) is 4. The van der Waals surface area contributed by atoms with Crippen molar-refractivity contribution < 1.29 is 14.5 Å². The number of primary amides is 1. The van der Waals surface area contributed by atoms with Gasteiger partial charge in [0.25, 0.3) is 5.69 Å². The predicted octanol–water partition coefficient (Wildman–Crippen LogP) is 2.09. The van der Waals surface area contributed by atoms with Gasteiger partial charge in [-0.05, 0) is 24.6 Å². The smallest absolute Gasteiger partial charge is 0.409 e. The zero-order valence-electron chi connectivity index (χ0n) is 8.60. The number of nitro benzene ring substituents is 1. The molecule has 0 saturated heterocycles. The fraction of sp³-hybridized carbons (Fsp3) is 0.100. The fourth-order valence-corrected chi connectivity index (χ4v) is 1.20. The average Bonchev–Trinajstić information content (AvgIpc) is 2.16. The van der Waals surface area contributed by atoms with Crippen LogP contribution in [0.3, 0.4) is 0 Å². The summed E-state index contributed by atoms with van der Waals surface area (Å²) in [4.78, 5) is 20.7. The third kappa shape index (κ3) is 2.57. The van der Waals surface area contributed by atoms with Crippen LogP contribution in [-0.2, 0) is 0 Å². The van der Waals surface area contributed by atoms with Crippen molar-refractivity contribution in [2.75, 3.05) is 0 Å². The maximum atomic E-state index is 10.8. The summed E-state index contributed by atoms with van der Waals surface area (Å²) in [5.41, 5.74) is 5.57. The molecule has 0 aliphatic carbocycles. The largest absolute Gasteiger partial charge is 0.410 e. The molecule has 1 amide bonds. The highest BCUT2D eigenvalue weighted by Gasteiger charge is 2.16. The molecule has 0 aliphatic rings. The van der Waals surface area contributed by atoms with Crippen molar-refractivity contribution in [1.29, 1.82) is 0 Å². The second kappa shape index (κ2) is 4.43. The summed E-state index contributed by atoms with van der Waals surface area (Å²) >= 11 is 0. The topological polar surface area (TPSA) is 95.5 Å². The van der Waals surface area contributed by atoms with Crippen LogP contribution >= 0.6 is 0 Å². The first-order chi connectivity index (χ1) is 7.41. The number of carbonyl (C=O) groups excluding carboxylic acids is 1. The Labute approximate surface area is 91.5 Å². The SMILES string of the molecule is C=C(C)c1ccc(OC(N)=O)cc1[N+](=O)[O-]. The zero-order valence-corrected chi connectivity index (χ0v) is 8.60. The average molecular weight is 222 g/mol. The van der Waals surface area contributed by atoms with Crippen LogP contribution in [0.5, 0.6) is 5.75 Å². The van der Waals surface area contributed by atoms with Crippen molar-refractivity contribution in [3.05, 3.63) is 40.5 Å². The molecule has 84 valence electrons. The monoisotopic (exact) mass is 222 g/mol. The van der Waals surface area contributed by atoms with Gasteiger partial charge in [-0.15, -0.1) is 0 Å². The summed E-state index contributed by atoms with van der Waals surface area (Å²) < 4.78 is 4.54. The fourth-order valence-electron chi connectivity index (χ4n) is 1.20. The number of nitrogens with zero attached hydrogens (tertiary/aromatic N) is 1. The first-order valence-corrected chi connectivity index (χ1v) is 4.33. The van der Waals surface area contributed by atoms with Crippen LogP contribution in [0, 0.1) is 10.1 Å². The number of amides is 1. The van der Waals surface area contributed by atoms with Crippen molar-refractivity contribution >= 4 is 17.4 Å². The predicted molar refractivity (Wildman–Crippen MR) is 58.0 cm³/mol. The third-order valence-electron chi connectivity index (χ3n) is 1.84. The molecule has 0 bridgehead atoms. The molecular weight excluding hydrogens is 212 g/mol. The molecule has 0 atom stereocenters. The molecule has 16 heavy (non-hydrogen) atoms. The molecule has 0 fully saturated rings. The van der Waals surface area contributed by atoms with Crippen LogP contribution < -0.4 is 10.5 Å². The number of carbonyl (C=O) groups is 1. The first kappa shape index (κ1) is 11.7. The summed E-state index contributed by atoms with van der Waals surface area (Å²) in [5.74, 6) is 0.0317. The molecular formula is C10H10N2O4. The Balaban J connectivity index is 3.22. The number of nitro groups is 1. The van der Waals surface area contributed by atoms with Gasteiger partial charge in [0.15, 0.2) is 0 Å². The molecule has 6 heteroatoms. The van der Waals surface area contributed by atoms with E-state index in [-0.39, 0.29) is 11.4 Å². The van der Waals surface area contributed by atoms with Crippen molar-refractivity contribution in [2.24, 2.45) is 5.73 Å². The zero-order chi connectivity index (χ0) is 12.3. The number of nitrogens with two attached hydrogens (primary N) is 1. The molecule has 0 heterocycles. The molecule has 0 radical (unpaired) electrons. The van der Waals surface area contributed by atoms with Gasteiger partial charge in [0, 0.05) is 0 Å². The normalized spacial score (nSPS) is 9.56. The van der Waals surface area contributed by atoms with Crippen LogP contribution in [0.25, 0.3) is 5.57 Å². The Morgan fingerprint density at radius 2 is 2.19 bits per heavy atom. The van der Waals surface area contributed by atoms with E-state index in [9.17, 15) is 14.9 Å². The second-order valence-corrected chi connectivity index (χ2v) is 3.14.